The van der Waals surface area contributed by atoms with Crippen LogP contribution in [0.4, 0.5) is 5.69 Å². The Hall–Kier alpha value is -3.54. The Morgan fingerprint density at radius 1 is 1.15 bits per heavy atom. The van der Waals surface area contributed by atoms with Crippen LogP contribution in [0.1, 0.15) is 5.56 Å². The normalized spacial score (nSPS) is 11.0. The molecule has 2 heterocycles. The first kappa shape index (κ1) is 16.0. The molecule has 0 saturated carbocycles. The predicted octanol–water partition coefficient (Wildman–Crippen LogP) is 4.16. The number of rotatable bonds is 5. The lowest BCUT2D eigenvalue weighted by molar-refractivity contribution is -0.136. The number of anilines is 1. The summed E-state index contributed by atoms with van der Waals surface area (Å²) in [5.74, 6) is -0.147. The van der Waals surface area contributed by atoms with E-state index in [9.17, 15) is 4.79 Å². The van der Waals surface area contributed by atoms with Gasteiger partial charge >= 0.3 is 5.97 Å². The summed E-state index contributed by atoms with van der Waals surface area (Å²) in [7, 11) is 1.83. The van der Waals surface area contributed by atoms with Gasteiger partial charge in [-0.05, 0) is 28.8 Å². The first-order valence-electron chi connectivity index (χ1n) is 8.21. The molecule has 0 aliphatic heterocycles. The van der Waals surface area contributed by atoms with Gasteiger partial charge in [-0.15, -0.1) is 0 Å². The number of aromatic amines is 1. The van der Waals surface area contributed by atoms with Gasteiger partial charge in [-0.2, -0.15) is 0 Å². The molecular weight excluding hydrogens is 330 g/mol. The first-order chi connectivity index (χ1) is 12.7. The van der Waals surface area contributed by atoms with E-state index < -0.39 is 5.97 Å². The molecule has 0 radical (unpaired) electrons. The maximum atomic E-state index is 10.8. The standard InChI is InChI=1S/C20H17N3O3/c1-21-17-11-23-26-20(17)16-7-6-14(15-8-9-22-19(15)16)13-4-2-12(3-5-13)10-18(24)25/h2-9,11,21-22H,10H2,1H3,(H,24,25). The minimum atomic E-state index is -0.831. The average Bonchev–Trinajstić information content (AvgIpc) is 3.30. The topological polar surface area (TPSA) is 91.2 Å². The van der Waals surface area contributed by atoms with Crippen LogP contribution in [-0.4, -0.2) is 28.3 Å². The number of aliphatic carboxylic acids is 1. The molecule has 4 aromatic rings. The third-order valence-electron chi connectivity index (χ3n) is 4.43. The molecule has 2 aromatic carbocycles. The third-order valence-corrected chi connectivity index (χ3v) is 4.43. The van der Waals surface area contributed by atoms with Crippen molar-refractivity contribution in [1.29, 1.82) is 0 Å². The number of nitrogens with one attached hydrogen (secondary N) is 2. The SMILES string of the molecule is CNc1cnoc1-c1ccc(-c2ccc(CC(=O)O)cc2)c2cc[nH]c12. The summed E-state index contributed by atoms with van der Waals surface area (Å²) < 4.78 is 5.43. The molecule has 0 amide bonds. The molecule has 26 heavy (non-hydrogen) atoms. The lowest BCUT2D eigenvalue weighted by Gasteiger charge is -2.09. The van der Waals surface area contributed by atoms with E-state index in [0.29, 0.717) is 5.76 Å². The highest BCUT2D eigenvalue weighted by atomic mass is 16.5. The lowest BCUT2D eigenvalue weighted by atomic mass is 9.97. The Morgan fingerprint density at radius 2 is 1.92 bits per heavy atom. The molecule has 3 N–H and O–H groups in total. The quantitative estimate of drug-likeness (QED) is 0.504. The largest absolute Gasteiger partial charge is 0.481 e. The van der Waals surface area contributed by atoms with Crippen molar-refractivity contribution in [2.75, 3.05) is 12.4 Å². The van der Waals surface area contributed by atoms with Gasteiger partial charge in [0, 0.05) is 24.2 Å². The highest BCUT2D eigenvalue weighted by Gasteiger charge is 2.16. The lowest BCUT2D eigenvalue weighted by Crippen LogP contribution is -1.99. The van der Waals surface area contributed by atoms with Gasteiger partial charge in [0.2, 0.25) is 0 Å². The summed E-state index contributed by atoms with van der Waals surface area (Å²) in [6.07, 6.45) is 3.57. The van der Waals surface area contributed by atoms with E-state index in [1.165, 1.54) is 0 Å². The second kappa shape index (κ2) is 6.40. The molecule has 6 nitrogen and oxygen atoms in total. The number of aromatic nitrogens is 2. The summed E-state index contributed by atoms with van der Waals surface area (Å²) in [6.45, 7) is 0. The number of carboxylic acid groups (broad SMARTS) is 1. The Morgan fingerprint density at radius 3 is 2.65 bits per heavy atom. The Labute approximate surface area is 149 Å². The zero-order chi connectivity index (χ0) is 18.1. The molecule has 4 rings (SSSR count). The van der Waals surface area contributed by atoms with Crippen LogP contribution in [0.3, 0.4) is 0 Å². The van der Waals surface area contributed by atoms with E-state index >= 15 is 0 Å². The second-order valence-corrected chi connectivity index (χ2v) is 6.01. The van der Waals surface area contributed by atoms with Gasteiger partial charge < -0.3 is 19.9 Å². The van der Waals surface area contributed by atoms with Crippen molar-refractivity contribution in [3.8, 4) is 22.5 Å². The minimum Gasteiger partial charge on any atom is -0.481 e. The highest BCUT2D eigenvalue weighted by Crippen LogP contribution is 2.37. The number of H-pyrrole nitrogens is 1. The first-order valence-corrected chi connectivity index (χ1v) is 8.21. The predicted molar refractivity (Wildman–Crippen MR) is 100 cm³/mol. The second-order valence-electron chi connectivity index (χ2n) is 6.01. The van der Waals surface area contributed by atoms with Gasteiger partial charge in [-0.1, -0.05) is 35.5 Å². The fourth-order valence-corrected chi connectivity index (χ4v) is 3.19. The summed E-state index contributed by atoms with van der Waals surface area (Å²) in [6, 6.07) is 13.7. The number of carboxylic acids is 1. The molecule has 0 bridgehead atoms. The van der Waals surface area contributed by atoms with Crippen molar-refractivity contribution in [1.82, 2.24) is 10.1 Å². The van der Waals surface area contributed by atoms with Gasteiger partial charge in [0.25, 0.3) is 0 Å². The third kappa shape index (κ3) is 2.71. The molecule has 6 heteroatoms. The van der Waals surface area contributed by atoms with Gasteiger partial charge in [0.1, 0.15) is 5.69 Å². The van der Waals surface area contributed by atoms with Crippen molar-refractivity contribution in [2.45, 2.75) is 6.42 Å². The van der Waals surface area contributed by atoms with E-state index in [4.69, 9.17) is 9.63 Å². The number of fused-ring (bicyclic) bond motifs is 1. The van der Waals surface area contributed by atoms with E-state index in [2.05, 4.69) is 15.5 Å². The molecule has 2 aromatic heterocycles. The van der Waals surface area contributed by atoms with Crippen LogP contribution in [0.2, 0.25) is 0 Å². The molecule has 0 unspecified atom stereocenters. The summed E-state index contributed by atoms with van der Waals surface area (Å²) >= 11 is 0. The van der Waals surface area contributed by atoms with Crippen LogP contribution in [0, 0.1) is 0 Å². The maximum absolute atomic E-state index is 10.8. The maximum Gasteiger partial charge on any atom is 0.307 e. The molecule has 0 saturated heterocycles. The fourth-order valence-electron chi connectivity index (χ4n) is 3.19. The Kier molecular flexibility index (Phi) is 3.93. The van der Waals surface area contributed by atoms with Crippen molar-refractivity contribution in [3.63, 3.8) is 0 Å². The number of nitrogens with zero attached hydrogens (tertiary/aromatic N) is 1. The summed E-state index contributed by atoms with van der Waals surface area (Å²) in [4.78, 5) is 14.1. The van der Waals surface area contributed by atoms with Crippen LogP contribution < -0.4 is 5.32 Å². The summed E-state index contributed by atoms with van der Waals surface area (Å²) in [5, 5.41) is 16.9. The van der Waals surface area contributed by atoms with Crippen LogP contribution in [0.5, 0.6) is 0 Å². The zero-order valence-corrected chi connectivity index (χ0v) is 14.1. The van der Waals surface area contributed by atoms with E-state index in [0.717, 1.165) is 38.8 Å². The minimum absolute atomic E-state index is 0.0249. The number of carbonyl (C=O) groups is 1. The molecule has 0 spiro atoms. The fraction of sp³-hybridized carbons (Fsp3) is 0.100. The van der Waals surface area contributed by atoms with Crippen LogP contribution >= 0.6 is 0 Å². The van der Waals surface area contributed by atoms with Crippen molar-refractivity contribution < 1.29 is 14.4 Å². The van der Waals surface area contributed by atoms with Gasteiger partial charge in [-0.25, -0.2) is 0 Å². The molecular formula is C20H17N3O3. The average molecular weight is 347 g/mol. The van der Waals surface area contributed by atoms with Crippen LogP contribution in [0.25, 0.3) is 33.4 Å². The smallest absolute Gasteiger partial charge is 0.307 e. The number of benzene rings is 2. The molecule has 130 valence electrons. The summed E-state index contributed by atoms with van der Waals surface area (Å²) in [5.41, 5.74) is 5.60. The van der Waals surface area contributed by atoms with Crippen molar-refractivity contribution in [3.05, 3.63) is 60.4 Å². The van der Waals surface area contributed by atoms with Gasteiger partial charge in [-0.3, -0.25) is 4.79 Å². The monoisotopic (exact) mass is 347 g/mol. The Balaban J connectivity index is 1.80. The number of hydrogen-bond donors (Lipinski definition) is 3. The van der Waals surface area contributed by atoms with Crippen LogP contribution in [-0.2, 0) is 11.2 Å². The van der Waals surface area contributed by atoms with Crippen molar-refractivity contribution >= 4 is 22.6 Å². The van der Waals surface area contributed by atoms with E-state index in [-0.39, 0.29) is 6.42 Å². The van der Waals surface area contributed by atoms with E-state index in [1.54, 1.807) is 6.20 Å². The van der Waals surface area contributed by atoms with E-state index in [1.807, 2.05) is 55.7 Å². The number of hydrogen-bond acceptors (Lipinski definition) is 4. The Bertz CT molecular complexity index is 1080. The van der Waals surface area contributed by atoms with Crippen LogP contribution in [0.15, 0.2) is 59.4 Å². The van der Waals surface area contributed by atoms with Gasteiger partial charge in [0.05, 0.1) is 18.1 Å². The molecule has 0 fully saturated rings. The molecule has 0 atom stereocenters. The van der Waals surface area contributed by atoms with Gasteiger partial charge in [0.15, 0.2) is 5.76 Å². The zero-order valence-electron chi connectivity index (χ0n) is 14.1. The highest BCUT2D eigenvalue weighted by molar-refractivity contribution is 6.03. The van der Waals surface area contributed by atoms with Crippen molar-refractivity contribution in [2.24, 2.45) is 0 Å². The molecule has 0 aliphatic rings. The molecule has 0 aliphatic carbocycles.